The highest BCUT2D eigenvalue weighted by Crippen LogP contribution is 2.53. The van der Waals surface area contributed by atoms with Crippen LogP contribution in [0.5, 0.6) is 11.5 Å². The van der Waals surface area contributed by atoms with Gasteiger partial charge in [0.2, 0.25) is 5.69 Å². The van der Waals surface area contributed by atoms with Crippen molar-refractivity contribution in [1.29, 1.82) is 5.26 Å². The molecule has 3 heterocycles. The van der Waals surface area contributed by atoms with Crippen LogP contribution in [0, 0.1) is 17.9 Å². The zero-order chi connectivity index (χ0) is 24.5. The Bertz CT molecular complexity index is 1560. The van der Waals surface area contributed by atoms with E-state index in [-0.39, 0.29) is 0 Å². The molecule has 1 aliphatic heterocycles. The van der Waals surface area contributed by atoms with Gasteiger partial charge in [0, 0.05) is 35.9 Å². The quantitative estimate of drug-likeness (QED) is 0.272. The number of benzene rings is 3. The molecule has 0 amide bonds. The SMILES string of the molecule is [C-]#[N+]c1cnc(-c2cccc(-c3ncc(C#N)cn3)c2N2c3ccccc3Oc3ccccc32)nc1. The van der Waals surface area contributed by atoms with Crippen molar-refractivity contribution in [2.75, 3.05) is 4.90 Å². The zero-order valence-corrected chi connectivity index (χ0v) is 18.7. The third-order valence-electron chi connectivity index (χ3n) is 5.72. The van der Waals surface area contributed by atoms with Gasteiger partial charge in [0.25, 0.3) is 0 Å². The highest BCUT2D eigenvalue weighted by molar-refractivity contribution is 5.98. The van der Waals surface area contributed by atoms with Crippen LogP contribution in [-0.4, -0.2) is 19.9 Å². The first-order chi connectivity index (χ1) is 17.8. The first-order valence-corrected chi connectivity index (χ1v) is 11.0. The van der Waals surface area contributed by atoms with Gasteiger partial charge < -0.3 is 9.64 Å². The Hall–Kier alpha value is -5.60. The number of anilines is 3. The van der Waals surface area contributed by atoms with Gasteiger partial charge in [-0.1, -0.05) is 30.3 Å². The van der Waals surface area contributed by atoms with Crippen LogP contribution < -0.4 is 9.64 Å². The van der Waals surface area contributed by atoms with Gasteiger partial charge in [0.05, 0.1) is 29.2 Å². The van der Waals surface area contributed by atoms with Gasteiger partial charge >= 0.3 is 0 Å². The maximum Gasteiger partial charge on any atom is 0.222 e. The van der Waals surface area contributed by atoms with E-state index < -0.39 is 0 Å². The predicted octanol–water partition coefficient (Wildman–Crippen LogP) is 6.60. The van der Waals surface area contributed by atoms with Crippen molar-refractivity contribution in [1.82, 2.24) is 19.9 Å². The van der Waals surface area contributed by atoms with E-state index in [0.29, 0.717) is 34.4 Å². The van der Waals surface area contributed by atoms with E-state index in [1.165, 1.54) is 24.8 Å². The van der Waals surface area contributed by atoms with Crippen LogP contribution in [0.3, 0.4) is 0 Å². The van der Waals surface area contributed by atoms with E-state index >= 15 is 0 Å². The molecule has 0 unspecified atom stereocenters. The summed E-state index contributed by atoms with van der Waals surface area (Å²) in [6.07, 6.45) is 6.01. The zero-order valence-electron chi connectivity index (χ0n) is 18.7. The van der Waals surface area contributed by atoms with Crippen molar-refractivity contribution in [2.45, 2.75) is 0 Å². The standard InChI is InChI=1S/C28H15N7O/c1-30-19-16-33-28(34-17-19)21-8-6-7-20(27-31-14-18(13-29)15-32-27)26(21)35-22-9-2-4-11-24(22)36-25-12-5-3-10-23(25)35/h2-12,14-17H. The molecule has 0 atom stereocenters. The molecule has 8 heteroatoms. The summed E-state index contributed by atoms with van der Waals surface area (Å²) in [6, 6.07) is 23.3. The van der Waals surface area contributed by atoms with Crippen molar-refractivity contribution in [3.63, 3.8) is 0 Å². The Morgan fingerprint density at radius 1 is 0.722 bits per heavy atom. The van der Waals surface area contributed by atoms with Gasteiger partial charge in [-0.05, 0) is 36.4 Å². The fourth-order valence-corrected chi connectivity index (χ4v) is 4.13. The van der Waals surface area contributed by atoms with Gasteiger partial charge in [-0.25, -0.2) is 24.8 Å². The van der Waals surface area contributed by atoms with Crippen LogP contribution in [0.2, 0.25) is 0 Å². The topological polar surface area (TPSA) is 92.2 Å². The number of rotatable bonds is 3. The van der Waals surface area contributed by atoms with E-state index in [1.807, 2.05) is 66.7 Å². The molecule has 5 aromatic rings. The summed E-state index contributed by atoms with van der Waals surface area (Å²) in [7, 11) is 0. The van der Waals surface area contributed by atoms with Crippen molar-refractivity contribution >= 4 is 22.7 Å². The molecule has 168 valence electrons. The number of fused-ring (bicyclic) bond motifs is 2. The number of hydrogen-bond acceptors (Lipinski definition) is 7. The molecule has 6 rings (SSSR count). The smallest absolute Gasteiger partial charge is 0.222 e. The Morgan fingerprint density at radius 3 is 1.78 bits per heavy atom. The highest BCUT2D eigenvalue weighted by atomic mass is 16.5. The first-order valence-electron chi connectivity index (χ1n) is 11.0. The van der Waals surface area contributed by atoms with Crippen LogP contribution in [-0.2, 0) is 0 Å². The molecule has 0 fully saturated rings. The number of ether oxygens (including phenoxy) is 1. The normalized spacial score (nSPS) is 11.4. The Kier molecular flexibility index (Phi) is 5.03. The minimum absolute atomic E-state index is 0.356. The maximum absolute atomic E-state index is 9.22. The summed E-state index contributed by atoms with van der Waals surface area (Å²) in [5.41, 5.74) is 4.59. The minimum Gasteiger partial charge on any atom is -0.453 e. The van der Waals surface area contributed by atoms with E-state index in [9.17, 15) is 5.26 Å². The molecule has 0 aliphatic carbocycles. The van der Waals surface area contributed by atoms with Gasteiger partial charge in [-0.3, -0.25) is 0 Å². The van der Waals surface area contributed by atoms with Crippen molar-refractivity contribution in [3.05, 3.63) is 108 Å². The van der Waals surface area contributed by atoms with E-state index in [1.54, 1.807) is 0 Å². The molecule has 0 N–H and O–H groups in total. The molecule has 3 aromatic carbocycles. The highest BCUT2D eigenvalue weighted by Gasteiger charge is 2.30. The largest absolute Gasteiger partial charge is 0.453 e. The molecule has 1 aliphatic rings. The predicted molar refractivity (Wildman–Crippen MR) is 134 cm³/mol. The molecule has 8 nitrogen and oxygen atoms in total. The molecular weight excluding hydrogens is 450 g/mol. The van der Waals surface area contributed by atoms with Gasteiger partial charge in [0.15, 0.2) is 23.1 Å². The van der Waals surface area contributed by atoms with Crippen LogP contribution in [0.25, 0.3) is 27.6 Å². The Morgan fingerprint density at radius 2 is 1.25 bits per heavy atom. The second-order valence-electron chi connectivity index (χ2n) is 7.86. The molecule has 36 heavy (non-hydrogen) atoms. The van der Waals surface area contributed by atoms with Gasteiger partial charge in [-0.2, -0.15) is 5.26 Å². The molecule has 0 spiro atoms. The molecule has 2 aromatic heterocycles. The van der Waals surface area contributed by atoms with Crippen LogP contribution >= 0.6 is 0 Å². The molecule has 0 radical (unpaired) electrons. The summed E-state index contributed by atoms with van der Waals surface area (Å²) in [5, 5.41) is 9.22. The first kappa shape index (κ1) is 21.0. The second-order valence-corrected chi connectivity index (χ2v) is 7.86. The fraction of sp³-hybridized carbons (Fsp3) is 0. The monoisotopic (exact) mass is 465 g/mol. The lowest BCUT2D eigenvalue weighted by molar-refractivity contribution is 0.477. The Labute approximate surface area is 206 Å². The number of hydrogen-bond donors (Lipinski definition) is 0. The third-order valence-corrected chi connectivity index (χ3v) is 5.72. The van der Waals surface area contributed by atoms with Crippen molar-refractivity contribution < 1.29 is 4.74 Å². The summed E-state index contributed by atoms with van der Waals surface area (Å²) in [6.45, 7) is 7.25. The molecular formula is C28H15N7O. The average Bonchev–Trinajstić information content (AvgIpc) is 2.95. The third kappa shape index (κ3) is 3.47. The van der Waals surface area contributed by atoms with Gasteiger partial charge in [0.1, 0.15) is 6.07 Å². The minimum atomic E-state index is 0.356. The lowest BCUT2D eigenvalue weighted by Gasteiger charge is -2.34. The maximum atomic E-state index is 9.22. The van der Waals surface area contributed by atoms with E-state index in [2.05, 4.69) is 35.8 Å². The summed E-state index contributed by atoms with van der Waals surface area (Å²) >= 11 is 0. The summed E-state index contributed by atoms with van der Waals surface area (Å²) in [4.78, 5) is 23.4. The number of aromatic nitrogens is 4. The number of para-hydroxylation sites is 5. The second kappa shape index (κ2) is 8.64. The van der Waals surface area contributed by atoms with Crippen molar-refractivity contribution in [3.8, 4) is 40.3 Å². The lowest BCUT2D eigenvalue weighted by atomic mass is 10.0. The average molecular weight is 465 g/mol. The molecule has 0 saturated heterocycles. The lowest BCUT2D eigenvalue weighted by Crippen LogP contribution is -2.18. The van der Waals surface area contributed by atoms with Gasteiger partial charge in [-0.15, -0.1) is 0 Å². The number of nitriles is 1. The fourth-order valence-electron chi connectivity index (χ4n) is 4.13. The van der Waals surface area contributed by atoms with E-state index in [4.69, 9.17) is 11.3 Å². The van der Waals surface area contributed by atoms with E-state index in [0.717, 1.165) is 28.2 Å². The number of nitrogens with zero attached hydrogens (tertiary/aromatic N) is 7. The Balaban J connectivity index is 1.67. The molecule has 0 saturated carbocycles. The summed E-state index contributed by atoms with van der Waals surface area (Å²) in [5.74, 6) is 2.29. The van der Waals surface area contributed by atoms with Crippen molar-refractivity contribution in [2.24, 2.45) is 0 Å². The van der Waals surface area contributed by atoms with Crippen LogP contribution in [0.1, 0.15) is 5.56 Å². The van der Waals surface area contributed by atoms with Crippen LogP contribution in [0.15, 0.2) is 91.5 Å². The van der Waals surface area contributed by atoms with Crippen LogP contribution in [0.4, 0.5) is 22.7 Å². The summed E-state index contributed by atoms with van der Waals surface area (Å²) < 4.78 is 6.21. The molecule has 0 bridgehead atoms.